The first-order valence-corrected chi connectivity index (χ1v) is 5.64. The van der Waals surface area contributed by atoms with E-state index in [1.165, 1.54) is 12.1 Å². The van der Waals surface area contributed by atoms with Gasteiger partial charge in [0, 0.05) is 5.56 Å². The van der Waals surface area contributed by atoms with Crippen LogP contribution in [0.3, 0.4) is 0 Å². The van der Waals surface area contributed by atoms with E-state index in [2.05, 4.69) is 4.98 Å². The summed E-state index contributed by atoms with van der Waals surface area (Å²) in [7, 11) is 0. The normalized spacial score (nSPS) is 10.3. The number of Topliss-reactive ketones (excluding diaryl/α,β-unsaturated/α-hetero) is 1. The van der Waals surface area contributed by atoms with Crippen molar-refractivity contribution in [2.45, 2.75) is 6.42 Å². The summed E-state index contributed by atoms with van der Waals surface area (Å²) < 4.78 is 12.9. The van der Waals surface area contributed by atoms with E-state index in [1.807, 2.05) is 0 Å². The molecule has 3 nitrogen and oxygen atoms in total. The number of pyridine rings is 1. The number of carbonyl (C=O) groups is 1. The Hall–Kier alpha value is -1.94. The van der Waals surface area contributed by atoms with Gasteiger partial charge in [-0.25, -0.2) is 9.37 Å². The predicted octanol–water partition coefficient (Wildman–Crippen LogP) is 2.88. The van der Waals surface area contributed by atoms with Gasteiger partial charge in [-0.05, 0) is 30.3 Å². The number of benzene rings is 1. The molecule has 0 radical (unpaired) electrons. The van der Waals surface area contributed by atoms with Crippen LogP contribution in [-0.2, 0) is 6.42 Å². The Morgan fingerprint density at radius 3 is 2.78 bits per heavy atom. The number of carbonyl (C=O) groups excluding carboxylic acids is 1. The first-order valence-electron chi connectivity index (χ1n) is 5.26. The van der Waals surface area contributed by atoms with Gasteiger partial charge in [0.2, 0.25) is 0 Å². The zero-order valence-electron chi connectivity index (χ0n) is 9.36. The van der Waals surface area contributed by atoms with E-state index >= 15 is 0 Å². The maximum absolute atomic E-state index is 12.9. The maximum atomic E-state index is 12.9. The standard InChI is InChI=1S/C13H10ClFN2O/c14-11-6-8(15)4-5-10(11)12(18)7-9-2-1-3-13(16)17-9/h1-6H,7H2,(H2,16,17). The predicted molar refractivity (Wildman–Crippen MR) is 68.1 cm³/mol. The number of nitrogen functional groups attached to an aromatic ring is 1. The van der Waals surface area contributed by atoms with Gasteiger partial charge in [-0.1, -0.05) is 17.7 Å². The van der Waals surface area contributed by atoms with Crippen LogP contribution in [0.1, 0.15) is 16.1 Å². The lowest BCUT2D eigenvalue weighted by Crippen LogP contribution is -2.07. The van der Waals surface area contributed by atoms with Crippen molar-refractivity contribution in [1.82, 2.24) is 4.98 Å². The third kappa shape index (κ3) is 2.84. The van der Waals surface area contributed by atoms with Crippen LogP contribution in [0.5, 0.6) is 0 Å². The molecule has 0 spiro atoms. The minimum Gasteiger partial charge on any atom is -0.384 e. The van der Waals surface area contributed by atoms with Crippen molar-refractivity contribution in [2.24, 2.45) is 0 Å². The Kier molecular flexibility index (Phi) is 3.58. The molecular formula is C13H10ClFN2O. The molecule has 0 aliphatic heterocycles. The fourth-order valence-corrected chi connectivity index (χ4v) is 1.84. The van der Waals surface area contributed by atoms with Crippen LogP contribution in [0.4, 0.5) is 10.2 Å². The number of anilines is 1. The molecule has 0 bridgehead atoms. The molecule has 18 heavy (non-hydrogen) atoms. The van der Waals surface area contributed by atoms with Crippen molar-refractivity contribution >= 4 is 23.2 Å². The largest absolute Gasteiger partial charge is 0.384 e. The number of ketones is 1. The highest BCUT2D eigenvalue weighted by Crippen LogP contribution is 2.19. The van der Waals surface area contributed by atoms with E-state index in [-0.39, 0.29) is 22.8 Å². The Labute approximate surface area is 108 Å². The Morgan fingerprint density at radius 2 is 2.11 bits per heavy atom. The zero-order valence-corrected chi connectivity index (χ0v) is 10.1. The average Bonchev–Trinajstić information content (AvgIpc) is 2.28. The summed E-state index contributed by atoms with van der Waals surface area (Å²) in [5.74, 6) is -0.345. The Balaban J connectivity index is 2.22. The molecule has 0 saturated heterocycles. The topological polar surface area (TPSA) is 56.0 Å². The van der Waals surface area contributed by atoms with Crippen LogP contribution < -0.4 is 5.73 Å². The minimum atomic E-state index is -0.473. The summed E-state index contributed by atoms with van der Waals surface area (Å²) >= 11 is 5.82. The number of nitrogens with two attached hydrogens (primary N) is 1. The second-order valence-electron chi connectivity index (χ2n) is 3.78. The zero-order chi connectivity index (χ0) is 13.1. The number of halogens is 2. The summed E-state index contributed by atoms with van der Waals surface area (Å²) in [6.45, 7) is 0. The molecule has 2 aromatic rings. The third-order valence-electron chi connectivity index (χ3n) is 2.40. The van der Waals surface area contributed by atoms with E-state index in [0.29, 0.717) is 11.5 Å². The fraction of sp³-hybridized carbons (Fsp3) is 0.0769. The quantitative estimate of drug-likeness (QED) is 0.868. The molecule has 0 fully saturated rings. The van der Waals surface area contributed by atoms with Crippen LogP contribution in [0.2, 0.25) is 5.02 Å². The fourth-order valence-electron chi connectivity index (χ4n) is 1.57. The van der Waals surface area contributed by atoms with Crippen LogP contribution in [-0.4, -0.2) is 10.8 Å². The summed E-state index contributed by atoms with van der Waals surface area (Å²) in [5.41, 5.74) is 6.36. The smallest absolute Gasteiger partial charge is 0.170 e. The maximum Gasteiger partial charge on any atom is 0.170 e. The molecular weight excluding hydrogens is 255 g/mol. The van der Waals surface area contributed by atoms with Gasteiger partial charge in [0.1, 0.15) is 11.6 Å². The van der Waals surface area contributed by atoms with Gasteiger partial charge < -0.3 is 5.73 Å². The molecule has 92 valence electrons. The lowest BCUT2D eigenvalue weighted by molar-refractivity contribution is 0.0992. The highest BCUT2D eigenvalue weighted by molar-refractivity contribution is 6.34. The van der Waals surface area contributed by atoms with Crippen LogP contribution >= 0.6 is 11.6 Å². The Bertz CT molecular complexity index is 601. The van der Waals surface area contributed by atoms with Crippen molar-refractivity contribution in [2.75, 3.05) is 5.73 Å². The molecule has 0 saturated carbocycles. The summed E-state index contributed by atoms with van der Waals surface area (Å²) in [5, 5.41) is 0.101. The van der Waals surface area contributed by atoms with Crippen molar-refractivity contribution in [1.29, 1.82) is 0 Å². The van der Waals surface area contributed by atoms with Crippen molar-refractivity contribution < 1.29 is 9.18 Å². The average molecular weight is 265 g/mol. The molecule has 1 aromatic carbocycles. The van der Waals surface area contributed by atoms with Gasteiger partial charge in [0.05, 0.1) is 17.1 Å². The minimum absolute atomic E-state index is 0.0798. The lowest BCUT2D eigenvalue weighted by Gasteiger charge is -2.04. The molecule has 0 atom stereocenters. The highest BCUT2D eigenvalue weighted by Gasteiger charge is 2.12. The van der Waals surface area contributed by atoms with Crippen LogP contribution in [0, 0.1) is 5.82 Å². The van der Waals surface area contributed by atoms with Gasteiger partial charge in [0.25, 0.3) is 0 Å². The summed E-state index contributed by atoms with van der Waals surface area (Å²) in [4.78, 5) is 16.0. The van der Waals surface area contributed by atoms with E-state index in [9.17, 15) is 9.18 Å². The van der Waals surface area contributed by atoms with Crippen molar-refractivity contribution in [3.8, 4) is 0 Å². The van der Waals surface area contributed by atoms with Gasteiger partial charge in [-0.2, -0.15) is 0 Å². The molecule has 1 aromatic heterocycles. The molecule has 5 heteroatoms. The number of hydrogen-bond acceptors (Lipinski definition) is 3. The van der Waals surface area contributed by atoms with E-state index in [4.69, 9.17) is 17.3 Å². The monoisotopic (exact) mass is 264 g/mol. The van der Waals surface area contributed by atoms with E-state index in [0.717, 1.165) is 6.07 Å². The molecule has 0 aliphatic rings. The summed E-state index contributed by atoms with van der Waals surface area (Å²) in [6, 6.07) is 8.74. The molecule has 1 heterocycles. The highest BCUT2D eigenvalue weighted by atomic mass is 35.5. The first-order chi connectivity index (χ1) is 8.56. The van der Waals surface area contributed by atoms with Crippen LogP contribution in [0.15, 0.2) is 36.4 Å². The number of rotatable bonds is 3. The molecule has 2 N–H and O–H groups in total. The Morgan fingerprint density at radius 1 is 1.33 bits per heavy atom. The summed E-state index contributed by atoms with van der Waals surface area (Å²) in [6.07, 6.45) is 0.0798. The molecule has 2 rings (SSSR count). The van der Waals surface area contributed by atoms with Crippen molar-refractivity contribution in [3.63, 3.8) is 0 Å². The molecule has 0 unspecified atom stereocenters. The second-order valence-corrected chi connectivity index (χ2v) is 4.19. The second kappa shape index (κ2) is 5.14. The SMILES string of the molecule is Nc1cccc(CC(=O)c2ccc(F)cc2Cl)n1. The first kappa shape index (κ1) is 12.5. The van der Waals surface area contributed by atoms with E-state index < -0.39 is 5.82 Å². The third-order valence-corrected chi connectivity index (χ3v) is 2.71. The lowest BCUT2D eigenvalue weighted by atomic mass is 10.1. The van der Waals surface area contributed by atoms with Gasteiger partial charge in [0.15, 0.2) is 5.78 Å². The van der Waals surface area contributed by atoms with Gasteiger partial charge in [-0.15, -0.1) is 0 Å². The van der Waals surface area contributed by atoms with Gasteiger partial charge >= 0.3 is 0 Å². The molecule has 0 amide bonds. The number of hydrogen-bond donors (Lipinski definition) is 1. The number of nitrogens with zero attached hydrogens (tertiary/aromatic N) is 1. The van der Waals surface area contributed by atoms with Gasteiger partial charge in [-0.3, -0.25) is 4.79 Å². The van der Waals surface area contributed by atoms with Crippen LogP contribution in [0.25, 0.3) is 0 Å². The van der Waals surface area contributed by atoms with E-state index in [1.54, 1.807) is 18.2 Å². The number of aromatic nitrogens is 1. The molecule has 0 aliphatic carbocycles. The van der Waals surface area contributed by atoms with Crippen molar-refractivity contribution in [3.05, 3.63) is 58.5 Å².